The van der Waals surface area contributed by atoms with E-state index in [-0.39, 0.29) is 6.07 Å². The van der Waals surface area contributed by atoms with E-state index in [4.69, 9.17) is 5.73 Å². The molecule has 0 saturated carbocycles. The lowest BCUT2D eigenvalue weighted by Gasteiger charge is -2.09. The maximum Gasteiger partial charge on any atom is 0.237 e. The first kappa shape index (κ1) is 15.2. The number of benzene rings is 2. The van der Waals surface area contributed by atoms with Gasteiger partial charge in [0.05, 0.1) is 11.4 Å². The number of sulfonamides is 1. The van der Waals surface area contributed by atoms with Gasteiger partial charge in [-0.3, -0.25) is 4.72 Å². The maximum atomic E-state index is 13.4. The Hall–Kier alpha value is -2.22. The molecule has 0 unspecified atom stereocenters. The van der Waals surface area contributed by atoms with Crippen LogP contribution in [0.5, 0.6) is 0 Å². The zero-order chi connectivity index (χ0) is 15.6. The molecular weight excluding hydrogens is 305 g/mol. The Kier molecular flexibility index (Phi) is 4.08. The molecule has 0 radical (unpaired) electrons. The Morgan fingerprint density at radius 1 is 1.00 bits per heavy atom. The van der Waals surface area contributed by atoms with Gasteiger partial charge in [-0.25, -0.2) is 21.6 Å². The van der Waals surface area contributed by atoms with Crippen molar-refractivity contribution in [1.82, 2.24) is 0 Å². The van der Waals surface area contributed by atoms with Crippen LogP contribution in [0.4, 0.5) is 24.5 Å². The van der Waals surface area contributed by atoms with Gasteiger partial charge in [0.1, 0.15) is 5.82 Å². The molecule has 2 rings (SSSR count). The van der Waals surface area contributed by atoms with E-state index in [2.05, 4.69) is 0 Å². The van der Waals surface area contributed by atoms with Crippen molar-refractivity contribution in [2.24, 2.45) is 0 Å². The van der Waals surface area contributed by atoms with E-state index in [0.29, 0.717) is 17.3 Å². The second kappa shape index (κ2) is 5.65. The van der Waals surface area contributed by atoms with E-state index in [9.17, 15) is 21.6 Å². The van der Waals surface area contributed by atoms with Crippen LogP contribution in [0.3, 0.4) is 0 Å². The molecule has 0 heterocycles. The summed E-state index contributed by atoms with van der Waals surface area (Å²) in [6, 6.07) is 6.84. The summed E-state index contributed by atoms with van der Waals surface area (Å²) >= 11 is 0. The summed E-state index contributed by atoms with van der Waals surface area (Å²) in [5.74, 6) is -4.43. The molecule has 0 atom stereocenters. The number of hydrogen-bond acceptors (Lipinski definition) is 3. The highest BCUT2D eigenvalue weighted by Crippen LogP contribution is 2.21. The van der Waals surface area contributed by atoms with Crippen molar-refractivity contribution in [3.8, 4) is 0 Å². The molecule has 4 nitrogen and oxygen atoms in total. The predicted octanol–water partition coefficient (Wildman–Crippen LogP) is 2.63. The first-order valence-electron chi connectivity index (χ1n) is 5.76. The van der Waals surface area contributed by atoms with Gasteiger partial charge in [0.25, 0.3) is 0 Å². The molecule has 112 valence electrons. The molecule has 2 aromatic rings. The van der Waals surface area contributed by atoms with E-state index < -0.39 is 38.9 Å². The zero-order valence-electron chi connectivity index (χ0n) is 10.6. The summed E-state index contributed by atoms with van der Waals surface area (Å²) in [5, 5.41) is 0. The van der Waals surface area contributed by atoms with Crippen molar-refractivity contribution in [3.63, 3.8) is 0 Å². The molecule has 0 amide bonds. The minimum absolute atomic E-state index is 0.272. The fraction of sp³-hybridized carbons (Fsp3) is 0.0769. The first-order chi connectivity index (χ1) is 9.77. The van der Waals surface area contributed by atoms with Gasteiger partial charge in [-0.05, 0) is 17.7 Å². The number of nitrogen functional groups attached to an aromatic ring is 1. The molecular formula is C13H11F3N2O2S. The van der Waals surface area contributed by atoms with Gasteiger partial charge in [-0.15, -0.1) is 0 Å². The molecule has 0 fully saturated rings. The van der Waals surface area contributed by atoms with Gasteiger partial charge >= 0.3 is 0 Å². The Morgan fingerprint density at radius 2 is 1.67 bits per heavy atom. The zero-order valence-corrected chi connectivity index (χ0v) is 11.4. The van der Waals surface area contributed by atoms with Crippen LogP contribution in [0.2, 0.25) is 0 Å². The number of anilines is 2. The molecule has 3 N–H and O–H groups in total. The standard InChI is InChI=1S/C13H11F3N2O2S/c14-10-5-12(16)13(6-11(10)15)18-21(19,20)7-8-2-1-3-9(17)4-8/h1-6,18H,7,17H2. The number of hydrogen-bond donors (Lipinski definition) is 2. The molecule has 0 spiro atoms. The van der Waals surface area contributed by atoms with Gasteiger partial charge in [-0.1, -0.05) is 12.1 Å². The molecule has 0 saturated heterocycles. The monoisotopic (exact) mass is 316 g/mol. The average molecular weight is 316 g/mol. The van der Waals surface area contributed by atoms with E-state index in [1.807, 2.05) is 4.72 Å². The average Bonchev–Trinajstić information content (AvgIpc) is 2.35. The fourth-order valence-electron chi connectivity index (χ4n) is 1.71. The molecule has 0 aromatic heterocycles. The third-order valence-corrected chi connectivity index (χ3v) is 3.83. The predicted molar refractivity (Wildman–Crippen MR) is 73.4 cm³/mol. The van der Waals surface area contributed by atoms with Gasteiger partial charge in [0, 0.05) is 17.8 Å². The molecule has 8 heteroatoms. The SMILES string of the molecule is Nc1cccc(CS(=O)(=O)Nc2cc(F)c(F)cc2F)c1. The van der Waals surface area contributed by atoms with Crippen molar-refractivity contribution in [1.29, 1.82) is 0 Å². The van der Waals surface area contributed by atoms with Gasteiger partial charge < -0.3 is 5.73 Å². The quantitative estimate of drug-likeness (QED) is 0.673. The minimum Gasteiger partial charge on any atom is -0.399 e. The molecule has 21 heavy (non-hydrogen) atoms. The molecule has 0 aliphatic rings. The smallest absolute Gasteiger partial charge is 0.237 e. The van der Waals surface area contributed by atoms with E-state index in [1.165, 1.54) is 12.1 Å². The van der Waals surface area contributed by atoms with Gasteiger partial charge in [0.15, 0.2) is 11.6 Å². The van der Waals surface area contributed by atoms with Gasteiger partial charge in [-0.2, -0.15) is 0 Å². The van der Waals surface area contributed by atoms with Crippen molar-refractivity contribution >= 4 is 21.4 Å². The van der Waals surface area contributed by atoms with Crippen molar-refractivity contribution in [2.45, 2.75) is 5.75 Å². The minimum atomic E-state index is -3.99. The van der Waals surface area contributed by atoms with Crippen LogP contribution in [0.15, 0.2) is 36.4 Å². The highest BCUT2D eigenvalue weighted by atomic mass is 32.2. The normalized spacial score (nSPS) is 11.4. The number of nitrogens with one attached hydrogen (secondary N) is 1. The topological polar surface area (TPSA) is 72.2 Å². The van der Waals surface area contributed by atoms with Crippen molar-refractivity contribution < 1.29 is 21.6 Å². The van der Waals surface area contributed by atoms with Crippen LogP contribution in [0.25, 0.3) is 0 Å². The highest BCUT2D eigenvalue weighted by Gasteiger charge is 2.17. The summed E-state index contributed by atoms with van der Waals surface area (Å²) in [6.07, 6.45) is 0. The fourth-order valence-corrected chi connectivity index (χ4v) is 2.89. The van der Waals surface area contributed by atoms with Crippen LogP contribution in [-0.2, 0) is 15.8 Å². The lowest BCUT2D eigenvalue weighted by Crippen LogP contribution is -2.16. The highest BCUT2D eigenvalue weighted by molar-refractivity contribution is 7.91. The lowest BCUT2D eigenvalue weighted by atomic mass is 10.2. The molecule has 0 aliphatic carbocycles. The van der Waals surface area contributed by atoms with Crippen molar-refractivity contribution in [2.75, 3.05) is 10.5 Å². The number of nitrogens with two attached hydrogens (primary N) is 1. The third kappa shape index (κ3) is 3.88. The number of rotatable bonds is 4. The van der Waals surface area contributed by atoms with Crippen LogP contribution in [-0.4, -0.2) is 8.42 Å². The second-order valence-corrected chi connectivity index (χ2v) is 6.07. The first-order valence-corrected chi connectivity index (χ1v) is 7.41. The van der Waals surface area contributed by atoms with Crippen LogP contribution < -0.4 is 10.5 Å². The molecule has 0 bridgehead atoms. The Morgan fingerprint density at radius 3 is 2.33 bits per heavy atom. The van der Waals surface area contributed by atoms with Crippen LogP contribution >= 0.6 is 0 Å². The molecule has 2 aromatic carbocycles. The van der Waals surface area contributed by atoms with Crippen LogP contribution in [0, 0.1) is 17.5 Å². The largest absolute Gasteiger partial charge is 0.399 e. The second-order valence-electron chi connectivity index (χ2n) is 4.35. The van der Waals surface area contributed by atoms with E-state index in [0.717, 1.165) is 0 Å². The lowest BCUT2D eigenvalue weighted by molar-refractivity contribution is 0.496. The summed E-state index contributed by atoms with van der Waals surface area (Å²) < 4.78 is 64.9. The Balaban J connectivity index is 2.24. The summed E-state index contributed by atoms with van der Waals surface area (Å²) in [4.78, 5) is 0. The summed E-state index contributed by atoms with van der Waals surface area (Å²) in [7, 11) is -3.99. The van der Waals surface area contributed by atoms with E-state index in [1.54, 1.807) is 12.1 Å². The molecule has 0 aliphatic heterocycles. The summed E-state index contributed by atoms with van der Waals surface area (Å²) in [6.45, 7) is 0. The third-order valence-electron chi connectivity index (χ3n) is 2.58. The maximum absolute atomic E-state index is 13.4. The summed E-state index contributed by atoms with van der Waals surface area (Å²) in [5.41, 5.74) is 5.63. The van der Waals surface area contributed by atoms with Crippen LogP contribution in [0.1, 0.15) is 5.56 Å². The Bertz CT molecular complexity index is 779. The van der Waals surface area contributed by atoms with Gasteiger partial charge in [0.2, 0.25) is 10.0 Å². The van der Waals surface area contributed by atoms with E-state index >= 15 is 0 Å². The van der Waals surface area contributed by atoms with Crippen molar-refractivity contribution in [3.05, 3.63) is 59.4 Å². The Labute approximate surface area is 119 Å². The number of halogens is 3.